The van der Waals surface area contributed by atoms with Crippen molar-refractivity contribution in [3.8, 4) is 0 Å². The number of nitrogens with zero attached hydrogens (tertiary/aromatic N) is 1. The first-order chi connectivity index (χ1) is 9.66. The van der Waals surface area contributed by atoms with Crippen molar-refractivity contribution in [2.45, 2.75) is 12.8 Å². The Kier molecular flexibility index (Phi) is 3.06. The van der Waals surface area contributed by atoms with Crippen LogP contribution in [0.15, 0.2) is 42.5 Å². The van der Waals surface area contributed by atoms with E-state index >= 15 is 0 Å². The van der Waals surface area contributed by atoms with E-state index in [0.717, 1.165) is 30.8 Å². The normalized spacial score (nSPS) is 13.9. The van der Waals surface area contributed by atoms with Crippen LogP contribution < -0.4 is 10.6 Å². The van der Waals surface area contributed by atoms with E-state index < -0.39 is 5.97 Å². The monoisotopic (exact) mass is 268 g/mol. The van der Waals surface area contributed by atoms with Crippen LogP contribution in [0.5, 0.6) is 0 Å². The zero-order chi connectivity index (χ0) is 14.1. The first-order valence-electron chi connectivity index (χ1n) is 6.65. The van der Waals surface area contributed by atoms with E-state index in [1.54, 1.807) is 12.1 Å². The molecule has 0 unspecified atom stereocenters. The van der Waals surface area contributed by atoms with Crippen molar-refractivity contribution in [3.63, 3.8) is 0 Å². The Morgan fingerprint density at radius 2 is 1.95 bits per heavy atom. The summed E-state index contributed by atoms with van der Waals surface area (Å²) >= 11 is 0. The van der Waals surface area contributed by atoms with E-state index in [0.29, 0.717) is 5.69 Å². The quantitative estimate of drug-likeness (QED) is 0.821. The molecular formula is C16H16N2O2. The second kappa shape index (κ2) is 4.89. The minimum absolute atomic E-state index is 0.219. The number of aryl methyl sites for hydroxylation is 1. The van der Waals surface area contributed by atoms with Gasteiger partial charge in [0.15, 0.2) is 0 Å². The number of aromatic carboxylic acids is 1. The van der Waals surface area contributed by atoms with Crippen molar-refractivity contribution >= 4 is 23.0 Å². The minimum atomic E-state index is -0.956. The van der Waals surface area contributed by atoms with Crippen molar-refractivity contribution < 1.29 is 9.90 Å². The molecule has 3 N–H and O–H groups in total. The van der Waals surface area contributed by atoms with Crippen LogP contribution in [0.1, 0.15) is 22.3 Å². The summed E-state index contributed by atoms with van der Waals surface area (Å²) in [5, 5.41) is 9.00. The third kappa shape index (κ3) is 2.09. The molecule has 3 rings (SSSR count). The maximum absolute atomic E-state index is 11.0. The Bertz CT molecular complexity index is 667. The lowest BCUT2D eigenvalue weighted by Crippen LogP contribution is -2.25. The molecule has 1 heterocycles. The van der Waals surface area contributed by atoms with E-state index in [1.165, 1.54) is 11.6 Å². The van der Waals surface area contributed by atoms with Crippen LogP contribution in [-0.4, -0.2) is 17.6 Å². The molecule has 0 spiro atoms. The van der Waals surface area contributed by atoms with Gasteiger partial charge in [0, 0.05) is 12.2 Å². The Labute approximate surface area is 117 Å². The fraction of sp³-hybridized carbons (Fsp3) is 0.188. The molecule has 1 aliphatic heterocycles. The van der Waals surface area contributed by atoms with Gasteiger partial charge < -0.3 is 15.7 Å². The topological polar surface area (TPSA) is 66.6 Å². The molecule has 102 valence electrons. The second-order valence-electron chi connectivity index (χ2n) is 4.96. The van der Waals surface area contributed by atoms with Gasteiger partial charge in [-0.15, -0.1) is 0 Å². The zero-order valence-corrected chi connectivity index (χ0v) is 11.0. The molecule has 0 saturated carbocycles. The molecule has 4 heteroatoms. The van der Waals surface area contributed by atoms with Crippen LogP contribution in [-0.2, 0) is 6.42 Å². The molecule has 0 aliphatic carbocycles. The maximum atomic E-state index is 11.0. The number of rotatable bonds is 2. The number of benzene rings is 2. The van der Waals surface area contributed by atoms with Crippen molar-refractivity contribution in [2.24, 2.45) is 0 Å². The van der Waals surface area contributed by atoms with Crippen molar-refractivity contribution in [3.05, 3.63) is 53.6 Å². The van der Waals surface area contributed by atoms with Gasteiger partial charge in [-0.25, -0.2) is 4.79 Å². The predicted molar refractivity (Wildman–Crippen MR) is 79.6 cm³/mol. The van der Waals surface area contributed by atoms with E-state index in [9.17, 15) is 4.79 Å². The third-order valence-electron chi connectivity index (χ3n) is 3.68. The highest BCUT2D eigenvalue weighted by Gasteiger charge is 2.20. The number of nitrogens with two attached hydrogens (primary N) is 1. The van der Waals surface area contributed by atoms with Gasteiger partial charge in [0.1, 0.15) is 0 Å². The first-order valence-corrected chi connectivity index (χ1v) is 6.65. The van der Waals surface area contributed by atoms with Gasteiger partial charge in [-0.3, -0.25) is 0 Å². The number of hydrogen-bond donors (Lipinski definition) is 2. The smallest absolute Gasteiger partial charge is 0.335 e. The highest BCUT2D eigenvalue weighted by atomic mass is 16.4. The van der Waals surface area contributed by atoms with Crippen LogP contribution in [0.3, 0.4) is 0 Å². The summed E-state index contributed by atoms with van der Waals surface area (Å²) in [7, 11) is 0. The summed E-state index contributed by atoms with van der Waals surface area (Å²) < 4.78 is 0. The number of nitrogen functional groups attached to an aromatic ring is 1. The largest absolute Gasteiger partial charge is 0.478 e. The molecule has 2 aromatic rings. The van der Waals surface area contributed by atoms with Crippen LogP contribution in [0.25, 0.3) is 0 Å². The van der Waals surface area contributed by atoms with Crippen molar-refractivity contribution in [2.75, 3.05) is 17.2 Å². The fourth-order valence-electron chi connectivity index (χ4n) is 2.72. The number of carbonyl (C=O) groups is 1. The van der Waals surface area contributed by atoms with Crippen LogP contribution in [0.2, 0.25) is 0 Å². The Morgan fingerprint density at radius 1 is 1.15 bits per heavy atom. The number of carboxylic acid groups (broad SMARTS) is 1. The van der Waals surface area contributed by atoms with Crippen LogP contribution in [0, 0.1) is 0 Å². The molecule has 0 saturated heterocycles. The average molecular weight is 268 g/mol. The van der Waals surface area contributed by atoms with Gasteiger partial charge in [-0.1, -0.05) is 18.2 Å². The summed E-state index contributed by atoms with van der Waals surface area (Å²) in [6.45, 7) is 0.896. The van der Waals surface area contributed by atoms with E-state index in [1.807, 2.05) is 12.1 Å². The first kappa shape index (κ1) is 12.5. The molecule has 0 radical (unpaired) electrons. The van der Waals surface area contributed by atoms with Gasteiger partial charge in [0.2, 0.25) is 0 Å². The summed E-state index contributed by atoms with van der Waals surface area (Å²) in [6, 6.07) is 13.2. The standard InChI is InChI=1S/C16H16N2O2/c17-13-10-12(16(19)20)7-8-15(13)18-9-3-5-11-4-1-2-6-14(11)18/h1-2,4,6-8,10H,3,5,9,17H2,(H,19,20). The Hall–Kier alpha value is -2.49. The maximum Gasteiger partial charge on any atom is 0.335 e. The molecule has 0 bridgehead atoms. The summed E-state index contributed by atoms with van der Waals surface area (Å²) in [6.07, 6.45) is 2.14. The van der Waals surface area contributed by atoms with Gasteiger partial charge in [-0.05, 0) is 42.7 Å². The Balaban J connectivity index is 2.04. The number of anilines is 3. The zero-order valence-electron chi connectivity index (χ0n) is 11.0. The van der Waals surface area contributed by atoms with E-state index in [2.05, 4.69) is 17.0 Å². The number of hydrogen-bond acceptors (Lipinski definition) is 3. The number of fused-ring (bicyclic) bond motifs is 1. The molecule has 4 nitrogen and oxygen atoms in total. The summed E-state index contributed by atoms with van der Waals surface area (Å²) in [5.41, 5.74) is 10.1. The number of carboxylic acids is 1. The van der Waals surface area contributed by atoms with Gasteiger partial charge in [0.25, 0.3) is 0 Å². The average Bonchev–Trinajstić information content (AvgIpc) is 2.46. The van der Waals surface area contributed by atoms with Gasteiger partial charge >= 0.3 is 5.97 Å². The van der Waals surface area contributed by atoms with Crippen molar-refractivity contribution in [1.29, 1.82) is 0 Å². The van der Waals surface area contributed by atoms with E-state index in [4.69, 9.17) is 10.8 Å². The summed E-state index contributed by atoms with van der Waals surface area (Å²) in [4.78, 5) is 13.1. The lowest BCUT2D eigenvalue weighted by Gasteiger charge is -2.32. The van der Waals surface area contributed by atoms with Crippen LogP contribution in [0.4, 0.5) is 17.1 Å². The molecule has 0 amide bonds. The molecule has 0 fully saturated rings. The SMILES string of the molecule is Nc1cc(C(=O)O)ccc1N1CCCc2ccccc21. The molecule has 1 aliphatic rings. The van der Waals surface area contributed by atoms with Gasteiger partial charge in [-0.2, -0.15) is 0 Å². The highest BCUT2D eigenvalue weighted by molar-refractivity contribution is 5.91. The lowest BCUT2D eigenvalue weighted by atomic mass is 10.0. The number of para-hydroxylation sites is 1. The molecule has 2 aromatic carbocycles. The van der Waals surface area contributed by atoms with Gasteiger partial charge in [0.05, 0.1) is 16.9 Å². The summed E-state index contributed by atoms with van der Waals surface area (Å²) in [5.74, 6) is -0.956. The molecular weight excluding hydrogens is 252 g/mol. The minimum Gasteiger partial charge on any atom is -0.478 e. The molecule has 0 aromatic heterocycles. The van der Waals surface area contributed by atoms with Crippen molar-refractivity contribution in [1.82, 2.24) is 0 Å². The second-order valence-corrected chi connectivity index (χ2v) is 4.96. The Morgan fingerprint density at radius 3 is 2.70 bits per heavy atom. The third-order valence-corrected chi connectivity index (χ3v) is 3.68. The molecule has 20 heavy (non-hydrogen) atoms. The lowest BCUT2D eigenvalue weighted by molar-refractivity contribution is 0.0697. The predicted octanol–water partition coefficient (Wildman–Crippen LogP) is 3.05. The van der Waals surface area contributed by atoms with E-state index in [-0.39, 0.29) is 5.56 Å². The molecule has 0 atom stereocenters. The fourth-order valence-corrected chi connectivity index (χ4v) is 2.72. The van der Waals surface area contributed by atoms with Crippen LogP contribution >= 0.6 is 0 Å². The highest BCUT2D eigenvalue weighted by Crippen LogP contribution is 2.36.